The molecule has 1 N–H and O–H groups in total. The summed E-state index contributed by atoms with van der Waals surface area (Å²) in [5.41, 5.74) is -3.38. The molecule has 1 unspecified atom stereocenters. The summed E-state index contributed by atoms with van der Waals surface area (Å²) < 4.78 is 56.5. The van der Waals surface area contributed by atoms with Crippen molar-refractivity contribution < 1.29 is 27.5 Å². The van der Waals surface area contributed by atoms with Gasteiger partial charge >= 0.3 is 6.18 Å². The summed E-state index contributed by atoms with van der Waals surface area (Å²) in [4.78, 5) is 17.2. The number of carbonyl (C=O) groups excluding carboxylic acids is 1. The van der Waals surface area contributed by atoms with Crippen molar-refractivity contribution in [2.24, 2.45) is 7.05 Å². The van der Waals surface area contributed by atoms with Gasteiger partial charge in [-0.15, -0.1) is 6.58 Å². The van der Waals surface area contributed by atoms with Crippen LogP contribution in [-0.2, 0) is 24.0 Å². The van der Waals surface area contributed by atoms with E-state index in [0.29, 0.717) is 4.47 Å². The van der Waals surface area contributed by atoms with Gasteiger partial charge in [-0.2, -0.15) is 13.2 Å². The molecule has 0 aliphatic heterocycles. The van der Waals surface area contributed by atoms with Crippen molar-refractivity contribution in [1.82, 2.24) is 14.5 Å². The van der Waals surface area contributed by atoms with Gasteiger partial charge in [0.15, 0.2) is 5.82 Å². The number of aromatic nitrogens is 2. The third-order valence-electron chi connectivity index (χ3n) is 4.14. The van der Waals surface area contributed by atoms with Gasteiger partial charge in [-0.05, 0) is 18.2 Å². The minimum absolute atomic E-state index is 0.108. The Bertz CT molecular complexity index is 869. The Morgan fingerprint density at radius 1 is 1.43 bits per heavy atom. The highest BCUT2D eigenvalue weighted by Gasteiger charge is 2.59. The molecule has 152 valence electrons. The minimum atomic E-state index is -5.15. The van der Waals surface area contributed by atoms with Crippen LogP contribution in [0.25, 0.3) is 0 Å². The van der Waals surface area contributed by atoms with Gasteiger partial charge in [-0.25, -0.2) is 9.37 Å². The largest absolute Gasteiger partial charge is 0.425 e. The fourth-order valence-corrected chi connectivity index (χ4v) is 3.09. The Balaban J connectivity index is 2.34. The lowest BCUT2D eigenvalue weighted by Crippen LogP contribution is -2.48. The fraction of sp³-hybridized carbons (Fsp3) is 0.333. The summed E-state index contributed by atoms with van der Waals surface area (Å²) in [6, 6.07) is 4.06. The van der Waals surface area contributed by atoms with Crippen LogP contribution in [0.15, 0.2) is 47.7 Å². The number of amides is 1. The first-order valence-corrected chi connectivity index (χ1v) is 8.88. The number of rotatable bonds is 7. The summed E-state index contributed by atoms with van der Waals surface area (Å²) in [6.45, 7) is 3.06. The zero-order chi connectivity index (χ0) is 21.1. The van der Waals surface area contributed by atoms with Gasteiger partial charge in [-0.1, -0.05) is 22.0 Å². The van der Waals surface area contributed by atoms with Crippen LogP contribution in [0.1, 0.15) is 17.8 Å². The van der Waals surface area contributed by atoms with Crippen LogP contribution in [0.2, 0.25) is 0 Å². The quantitative estimate of drug-likeness (QED) is 0.503. The Morgan fingerprint density at radius 3 is 2.64 bits per heavy atom. The fourth-order valence-electron chi connectivity index (χ4n) is 2.68. The molecule has 1 aromatic carbocycles. The number of alkyl halides is 3. The van der Waals surface area contributed by atoms with Crippen LogP contribution in [0.5, 0.6) is 0 Å². The number of hydrogen-bond donors (Lipinski definition) is 1. The molecule has 0 radical (unpaired) electrons. The molecule has 5 nitrogen and oxygen atoms in total. The highest BCUT2D eigenvalue weighted by molar-refractivity contribution is 9.10. The van der Waals surface area contributed by atoms with E-state index < -0.39 is 35.7 Å². The summed E-state index contributed by atoms with van der Waals surface area (Å²) >= 11 is 3.18. The van der Waals surface area contributed by atoms with E-state index in [-0.39, 0.29) is 18.7 Å². The van der Waals surface area contributed by atoms with Gasteiger partial charge in [0.2, 0.25) is 11.5 Å². The average Bonchev–Trinajstić information content (AvgIpc) is 3.03. The van der Waals surface area contributed by atoms with Crippen molar-refractivity contribution in [2.75, 3.05) is 6.54 Å². The predicted molar refractivity (Wildman–Crippen MR) is 97.5 cm³/mol. The Kier molecular flexibility index (Phi) is 6.66. The monoisotopic (exact) mass is 463 g/mol. The summed E-state index contributed by atoms with van der Waals surface area (Å²) in [5.74, 6) is -2.34. The molecule has 0 aliphatic carbocycles. The van der Waals surface area contributed by atoms with E-state index in [1.165, 1.54) is 37.5 Å². The van der Waals surface area contributed by atoms with E-state index in [0.717, 1.165) is 15.7 Å². The van der Waals surface area contributed by atoms with Crippen molar-refractivity contribution >= 4 is 21.8 Å². The standard InChI is InChI=1S/C18H18BrF4N3O2/c1-3-7-26(11-12-9-13(19)4-5-14(12)20)15(27)10-17(28,18(21,22)23)16-24-6-8-25(16)2/h3-6,8-9,28H,1,7,10-11H2,2H3. The van der Waals surface area contributed by atoms with Gasteiger partial charge in [0.25, 0.3) is 0 Å². The molecule has 1 aromatic heterocycles. The van der Waals surface area contributed by atoms with E-state index in [2.05, 4.69) is 27.5 Å². The van der Waals surface area contributed by atoms with E-state index in [4.69, 9.17) is 0 Å². The smallest absolute Gasteiger partial charge is 0.374 e. The minimum Gasteiger partial charge on any atom is -0.374 e. The maximum absolute atomic E-state index is 14.0. The molecular formula is C18H18BrF4N3O2. The van der Waals surface area contributed by atoms with Gasteiger partial charge in [0, 0.05) is 42.6 Å². The predicted octanol–water partition coefficient (Wildman–Crippen LogP) is 3.68. The van der Waals surface area contributed by atoms with E-state index in [1.807, 2.05) is 0 Å². The molecular weight excluding hydrogens is 446 g/mol. The van der Waals surface area contributed by atoms with E-state index >= 15 is 0 Å². The molecule has 0 bridgehead atoms. The van der Waals surface area contributed by atoms with Crippen LogP contribution in [-0.4, -0.2) is 38.2 Å². The maximum Gasteiger partial charge on any atom is 0.425 e. The summed E-state index contributed by atoms with van der Waals surface area (Å²) in [7, 11) is 1.28. The lowest BCUT2D eigenvalue weighted by atomic mass is 9.96. The molecule has 1 amide bonds. The third kappa shape index (κ3) is 4.61. The molecule has 0 saturated heterocycles. The highest BCUT2D eigenvalue weighted by Crippen LogP contribution is 2.41. The zero-order valence-electron chi connectivity index (χ0n) is 14.9. The lowest BCUT2D eigenvalue weighted by Gasteiger charge is -2.32. The van der Waals surface area contributed by atoms with Crippen molar-refractivity contribution in [3.8, 4) is 0 Å². The molecule has 0 aliphatic rings. The molecule has 2 rings (SSSR count). The number of carbonyl (C=O) groups is 1. The average molecular weight is 464 g/mol. The number of hydrogen-bond acceptors (Lipinski definition) is 3. The Hall–Kier alpha value is -2.20. The van der Waals surface area contributed by atoms with E-state index in [1.54, 1.807) is 0 Å². The second-order valence-electron chi connectivity index (χ2n) is 6.20. The normalized spacial score (nSPS) is 13.8. The molecule has 0 saturated carbocycles. The molecule has 2 aromatic rings. The van der Waals surface area contributed by atoms with Gasteiger partial charge in [0.1, 0.15) is 5.82 Å². The third-order valence-corrected chi connectivity index (χ3v) is 4.63. The lowest BCUT2D eigenvalue weighted by molar-refractivity contribution is -0.272. The van der Waals surface area contributed by atoms with Crippen molar-refractivity contribution in [3.05, 3.63) is 64.9 Å². The van der Waals surface area contributed by atoms with Gasteiger partial charge in [0.05, 0.1) is 6.42 Å². The van der Waals surface area contributed by atoms with Crippen LogP contribution < -0.4 is 0 Å². The molecule has 10 heteroatoms. The van der Waals surface area contributed by atoms with Gasteiger partial charge in [-0.3, -0.25) is 4.79 Å². The second kappa shape index (κ2) is 8.44. The maximum atomic E-state index is 14.0. The first kappa shape index (κ1) is 22.1. The van der Waals surface area contributed by atoms with Crippen molar-refractivity contribution in [2.45, 2.75) is 24.7 Å². The van der Waals surface area contributed by atoms with Crippen LogP contribution in [0.4, 0.5) is 17.6 Å². The summed E-state index contributed by atoms with van der Waals surface area (Å²) in [6.07, 6.45) is -2.82. The number of aliphatic hydroxyl groups is 1. The first-order valence-electron chi connectivity index (χ1n) is 8.09. The van der Waals surface area contributed by atoms with Crippen molar-refractivity contribution in [3.63, 3.8) is 0 Å². The highest BCUT2D eigenvalue weighted by atomic mass is 79.9. The number of aryl methyl sites for hydroxylation is 1. The Labute approximate surface area is 167 Å². The topological polar surface area (TPSA) is 58.4 Å². The number of halogens is 5. The van der Waals surface area contributed by atoms with E-state index in [9.17, 15) is 27.5 Å². The molecule has 1 heterocycles. The van der Waals surface area contributed by atoms with Crippen LogP contribution in [0.3, 0.4) is 0 Å². The Morgan fingerprint density at radius 2 is 2.11 bits per heavy atom. The first-order chi connectivity index (χ1) is 13.0. The zero-order valence-corrected chi connectivity index (χ0v) is 16.5. The van der Waals surface area contributed by atoms with Crippen molar-refractivity contribution in [1.29, 1.82) is 0 Å². The number of benzene rings is 1. The molecule has 28 heavy (non-hydrogen) atoms. The van der Waals surface area contributed by atoms with Crippen LogP contribution in [0, 0.1) is 5.82 Å². The SMILES string of the molecule is C=CCN(Cc1cc(Br)ccc1F)C(=O)CC(O)(c1nccn1C)C(F)(F)F. The molecule has 0 fully saturated rings. The summed E-state index contributed by atoms with van der Waals surface area (Å²) in [5, 5.41) is 10.4. The molecule has 1 atom stereocenters. The second-order valence-corrected chi connectivity index (χ2v) is 7.11. The van der Waals surface area contributed by atoms with Gasteiger partial charge < -0.3 is 14.6 Å². The van der Waals surface area contributed by atoms with Crippen LogP contribution >= 0.6 is 15.9 Å². The number of imidazole rings is 1. The molecule has 0 spiro atoms. The number of nitrogens with zero attached hydrogens (tertiary/aromatic N) is 3.